The SMILES string of the molecule is [2H]c1c([2H])c([2H])c(-c2c([2H])c(Br)c(F)c([2H])c2[N+](=O)[O-])c([2H])c1[2H]. The quantitative estimate of drug-likeness (QED) is 0.617. The Morgan fingerprint density at radius 1 is 1.29 bits per heavy atom. The molecule has 2 aromatic rings. The summed E-state index contributed by atoms with van der Waals surface area (Å²) >= 11 is 2.70. The molecule has 0 N–H and O–H groups in total. The van der Waals surface area contributed by atoms with Crippen LogP contribution in [0.4, 0.5) is 10.1 Å². The van der Waals surface area contributed by atoms with Crippen molar-refractivity contribution < 1.29 is 18.9 Å². The summed E-state index contributed by atoms with van der Waals surface area (Å²) in [5.74, 6) is -1.34. The minimum absolute atomic E-state index is 0.570. The average molecular weight is 303 g/mol. The van der Waals surface area contributed by atoms with Crippen LogP contribution in [-0.2, 0) is 0 Å². The number of nitrogens with zero attached hydrogens (tertiary/aromatic N) is 1. The van der Waals surface area contributed by atoms with E-state index in [0.29, 0.717) is 0 Å². The Morgan fingerprint density at radius 2 is 1.94 bits per heavy atom. The molecular formula is C12H7BrFNO2. The molecule has 2 rings (SSSR count). The Bertz CT molecular complexity index is 877. The van der Waals surface area contributed by atoms with E-state index in [1.54, 1.807) is 0 Å². The standard InChI is InChI=1S/C12H7BrFNO2/c13-10-6-9(8-4-2-1-3-5-8)12(15(16)17)7-11(10)14/h1-7H/i1D,2D,3D,4D,5D,6D,7D. The average Bonchev–Trinajstić information content (AvgIpc) is 2.53. The molecule has 5 heteroatoms. The maximum atomic E-state index is 13.9. The van der Waals surface area contributed by atoms with Gasteiger partial charge >= 0.3 is 0 Å². The van der Waals surface area contributed by atoms with Crippen molar-refractivity contribution in [1.29, 1.82) is 0 Å². The number of hydrogen-bond donors (Lipinski definition) is 0. The van der Waals surface area contributed by atoms with Crippen LogP contribution in [0.15, 0.2) is 46.8 Å². The van der Waals surface area contributed by atoms with E-state index in [1.807, 2.05) is 0 Å². The Hall–Kier alpha value is -1.75. The van der Waals surface area contributed by atoms with Gasteiger partial charge in [-0.05, 0) is 27.5 Å². The van der Waals surface area contributed by atoms with Gasteiger partial charge in [0.25, 0.3) is 5.69 Å². The zero-order valence-electron chi connectivity index (χ0n) is 15.0. The molecule has 0 heterocycles. The van der Waals surface area contributed by atoms with Crippen molar-refractivity contribution in [3.8, 4) is 11.1 Å². The highest BCUT2D eigenvalue weighted by atomic mass is 79.9. The fourth-order valence-electron chi connectivity index (χ4n) is 1.14. The number of nitro benzene ring substituents is 1. The number of hydrogen-bond acceptors (Lipinski definition) is 2. The van der Waals surface area contributed by atoms with E-state index in [9.17, 15) is 14.5 Å². The molecule has 2 aromatic carbocycles. The first-order chi connectivity index (χ1) is 11.0. The summed E-state index contributed by atoms with van der Waals surface area (Å²) in [4.78, 5) is 10.1. The zero-order valence-corrected chi connectivity index (χ0v) is 9.61. The van der Waals surface area contributed by atoms with Crippen LogP contribution in [0.5, 0.6) is 0 Å². The van der Waals surface area contributed by atoms with Gasteiger partial charge in [-0.1, -0.05) is 30.2 Å². The monoisotopic (exact) mass is 302 g/mol. The molecular weight excluding hydrogens is 289 g/mol. The van der Waals surface area contributed by atoms with Crippen molar-refractivity contribution in [1.82, 2.24) is 0 Å². The first kappa shape index (κ1) is 5.73. The second-order valence-corrected chi connectivity index (χ2v) is 3.65. The number of rotatable bonds is 2. The lowest BCUT2D eigenvalue weighted by atomic mass is 10.0. The molecule has 0 unspecified atom stereocenters. The Labute approximate surface area is 115 Å². The summed E-state index contributed by atoms with van der Waals surface area (Å²) in [6, 6.07) is -5.72. The van der Waals surface area contributed by atoms with Crippen LogP contribution in [0, 0.1) is 15.9 Å². The van der Waals surface area contributed by atoms with E-state index in [4.69, 9.17) is 9.60 Å². The Morgan fingerprint density at radius 3 is 2.53 bits per heavy atom. The first-order valence-electron chi connectivity index (χ1n) is 7.72. The van der Waals surface area contributed by atoms with Crippen molar-refractivity contribution in [3.63, 3.8) is 0 Å². The van der Waals surface area contributed by atoms with Gasteiger partial charge < -0.3 is 0 Å². The first-order valence-corrected chi connectivity index (χ1v) is 5.01. The second kappa shape index (κ2) is 4.63. The van der Waals surface area contributed by atoms with Crippen LogP contribution >= 0.6 is 15.9 Å². The maximum Gasteiger partial charge on any atom is 0.280 e. The minimum Gasteiger partial charge on any atom is -0.258 e. The highest BCUT2D eigenvalue weighted by Crippen LogP contribution is 2.33. The molecule has 0 bridgehead atoms. The molecule has 0 aliphatic heterocycles. The van der Waals surface area contributed by atoms with Gasteiger partial charge in [0.2, 0.25) is 0 Å². The van der Waals surface area contributed by atoms with Crippen LogP contribution in [0.1, 0.15) is 9.60 Å². The fourth-order valence-corrected chi connectivity index (χ4v) is 1.44. The van der Waals surface area contributed by atoms with Crippen molar-refractivity contribution in [3.05, 3.63) is 62.7 Å². The highest BCUT2D eigenvalue weighted by molar-refractivity contribution is 9.10. The fraction of sp³-hybridized carbons (Fsp3) is 0. The smallest absolute Gasteiger partial charge is 0.258 e. The molecule has 0 amide bonds. The third kappa shape index (κ3) is 2.34. The molecule has 0 radical (unpaired) electrons. The molecule has 17 heavy (non-hydrogen) atoms. The van der Waals surface area contributed by atoms with Crippen molar-refractivity contribution >= 4 is 21.6 Å². The minimum atomic E-state index is -1.34. The van der Waals surface area contributed by atoms with Gasteiger partial charge in [-0.25, -0.2) is 4.39 Å². The largest absolute Gasteiger partial charge is 0.280 e. The van der Waals surface area contributed by atoms with E-state index in [1.165, 1.54) is 0 Å². The van der Waals surface area contributed by atoms with Gasteiger partial charge in [0.15, 0.2) is 0 Å². The van der Waals surface area contributed by atoms with E-state index >= 15 is 0 Å². The van der Waals surface area contributed by atoms with Crippen molar-refractivity contribution in [2.45, 2.75) is 0 Å². The normalized spacial score (nSPS) is 16.0. The van der Waals surface area contributed by atoms with Gasteiger partial charge in [-0.3, -0.25) is 10.1 Å². The van der Waals surface area contributed by atoms with E-state index < -0.39 is 74.3 Å². The lowest BCUT2D eigenvalue weighted by molar-refractivity contribution is -0.384. The van der Waals surface area contributed by atoms with E-state index in [2.05, 4.69) is 15.9 Å². The Kier molecular flexibility index (Phi) is 1.56. The number of nitro groups is 1. The molecule has 0 aliphatic rings. The summed E-state index contributed by atoms with van der Waals surface area (Å²) in [5.41, 5.74) is -2.48. The topological polar surface area (TPSA) is 43.1 Å². The van der Waals surface area contributed by atoms with Gasteiger partial charge in [0, 0.05) is 0 Å². The van der Waals surface area contributed by atoms with Gasteiger partial charge in [0.05, 0.1) is 30.6 Å². The number of halogens is 2. The summed E-state index contributed by atoms with van der Waals surface area (Å²) in [6.45, 7) is 0. The second-order valence-electron chi connectivity index (χ2n) is 2.86. The summed E-state index contributed by atoms with van der Waals surface area (Å²) in [5, 5.41) is 11.3. The summed E-state index contributed by atoms with van der Waals surface area (Å²) < 4.78 is 67.2. The number of benzene rings is 2. The van der Waals surface area contributed by atoms with Crippen LogP contribution < -0.4 is 0 Å². The van der Waals surface area contributed by atoms with Crippen LogP contribution in [0.25, 0.3) is 11.1 Å². The third-order valence-electron chi connectivity index (χ3n) is 1.82. The molecule has 0 atom stereocenters. The van der Waals surface area contributed by atoms with Crippen LogP contribution in [-0.4, -0.2) is 4.92 Å². The molecule has 0 aliphatic carbocycles. The third-order valence-corrected chi connectivity index (χ3v) is 2.37. The maximum absolute atomic E-state index is 13.9. The van der Waals surface area contributed by atoms with Gasteiger partial charge in [-0.15, -0.1) is 0 Å². The Balaban J connectivity index is 3.13. The van der Waals surface area contributed by atoms with Gasteiger partial charge in [-0.2, -0.15) is 0 Å². The lowest BCUT2D eigenvalue weighted by Crippen LogP contribution is -1.94. The van der Waals surface area contributed by atoms with Gasteiger partial charge in [0.1, 0.15) is 5.82 Å². The molecule has 0 saturated carbocycles. The zero-order chi connectivity index (χ0) is 18.5. The molecule has 3 nitrogen and oxygen atoms in total. The van der Waals surface area contributed by atoms with Crippen LogP contribution in [0.3, 0.4) is 0 Å². The molecule has 0 aromatic heterocycles. The summed E-state index contributed by atoms with van der Waals surface area (Å²) in [7, 11) is 0. The van der Waals surface area contributed by atoms with Crippen molar-refractivity contribution in [2.24, 2.45) is 0 Å². The molecule has 0 fully saturated rings. The van der Waals surface area contributed by atoms with Crippen LogP contribution in [0.2, 0.25) is 0 Å². The van der Waals surface area contributed by atoms with E-state index in [0.717, 1.165) is 0 Å². The molecule has 86 valence electrons. The lowest BCUT2D eigenvalue weighted by Gasteiger charge is -2.04. The predicted octanol–water partition coefficient (Wildman–Crippen LogP) is 4.16. The molecule has 0 saturated heterocycles. The summed E-state index contributed by atoms with van der Waals surface area (Å²) in [6.07, 6.45) is 0. The van der Waals surface area contributed by atoms with Crippen molar-refractivity contribution in [2.75, 3.05) is 0 Å². The highest BCUT2D eigenvalue weighted by Gasteiger charge is 2.18. The predicted molar refractivity (Wildman–Crippen MR) is 66.2 cm³/mol. The van der Waals surface area contributed by atoms with E-state index in [-0.39, 0.29) is 0 Å². The molecule has 0 spiro atoms.